The molecule has 106 valence electrons. The van der Waals surface area contributed by atoms with Crippen molar-refractivity contribution >= 4 is 17.4 Å². The second-order valence-electron chi connectivity index (χ2n) is 4.26. The van der Waals surface area contributed by atoms with Gasteiger partial charge in [0.1, 0.15) is 12.1 Å². The van der Waals surface area contributed by atoms with Gasteiger partial charge in [-0.15, -0.1) is 0 Å². The highest BCUT2D eigenvalue weighted by molar-refractivity contribution is 6.10. The number of hydrazone groups is 1. The monoisotopic (exact) mass is 290 g/mol. The summed E-state index contributed by atoms with van der Waals surface area (Å²) in [6.07, 6.45) is 0. The van der Waals surface area contributed by atoms with E-state index in [1.165, 1.54) is 12.1 Å². The standard InChI is InChI=1S/C16H10N4O2/c17-9-15(10-18)20-19-14-3-1-2-13(8-14)11-4-6-12(7-5-11)16(21)22/h1-8,19H,(H,21,22). The summed E-state index contributed by atoms with van der Waals surface area (Å²) in [7, 11) is 0. The molecule has 2 rings (SSSR count). The zero-order valence-corrected chi connectivity index (χ0v) is 11.3. The summed E-state index contributed by atoms with van der Waals surface area (Å²) in [4.78, 5) is 10.8. The van der Waals surface area contributed by atoms with Crippen LogP contribution in [0.25, 0.3) is 11.1 Å². The summed E-state index contributed by atoms with van der Waals surface area (Å²) in [6, 6.07) is 17.0. The average Bonchev–Trinajstić information content (AvgIpc) is 2.56. The van der Waals surface area contributed by atoms with E-state index in [2.05, 4.69) is 10.5 Å². The molecule has 0 aromatic heterocycles. The highest BCUT2D eigenvalue weighted by atomic mass is 16.4. The quantitative estimate of drug-likeness (QED) is 0.664. The SMILES string of the molecule is N#CC(C#N)=NNc1cccc(-c2ccc(C(=O)O)cc2)c1. The van der Waals surface area contributed by atoms with Crippen LogP contribution in [0.15, 0.2) is 53.6 Å². The predicted octanol–water partition coefficient (Wildman–Crippen LogP) is 2.87. The summed E-state index contributed by atoms with van der Waals surface area (Å²) < 4.78 is 0. The molecule has 0 amide bonds. The van der Waals surface area contributed by atoms with Crippen LogP contribution in [0, 0.1) is 22.7 Å². The number of rotatable bonds is 4. The summed E-state index contributed by atoms with van der Waals surface area (Å²) in [5, 5.41) is 29.8. The van der Waals surface area contributed by atoms with Crippen molar-refractivity contribution in [3.8, 4) is 23.3 Å². The first-order valence-corrected chi connectivity index (χ1v) is 6.21. The normalized spacial score (nSPS) is 9.18. The molecule has 22 heavy (non-hydrogen) atoms. The van der Waals surface area contributed by atoms with Crippen molar-refractivity contribution in [2.75, 3.05) is 5.43 Å². The van der Waals surface area contributed by atoms with Crippen LogP contribution >= 0.6 is 0 Å². The number of carboxylic acids is 1. The highest BCUT2D eigenvalue weighted by Crippen LogP contribution is 2.23. The van der Waals surface area contributed by atoms with E-state index in [1.54, 1.807) is 42.5 Å². The van der Waals surface area contributed by atoms with Crippen LogP contribution in [0.1, 0.15) is 10.4 Å². The van der Waals surface area contributed by atoms with Crippen molar-refractivity contribution < 1.29 is 9.90 Å². The lowest BCUT2D eigenvalue weighted by molar-refractivity contribution is 0.0697. The van der Waals surface area contributed by atoms with Crippen LogP contribution < -0.4 is 5.43 Å². The van der Waals surface area contributed by atoms with Crippen molar-refractivity contribution in [1.82, 2.24) is 0 Å². The van der Waals surface area contributed by atoms with Crippen molar-refractivity contribution in [3.05, 3.63) is 54.1 Å². The van der Waals surface area contributed by atoms with Crippen molar-refractivity contribution in [1.29, 1.82) is 10.5 Å². The third-order valence-electron chi connectivity index (χ3n) is 2.84. The second-order valence-corrected chi connectivity index (χ2v) is 4.26. The first-order valence-electron chi connectivity index (χ1n) is 6.21. The zero-order chi connectivity index (χ0) is 15.9. The topological polar surface area (TPSA) is 109 Å². The third kappa shape index (κ3) is 3.47. The molecule has 0 aliphatic rings. The van der Waals surface area contributed by atoms with Crippen LogP contribution in [0.2, 0.25) is 0 Å². The average molecular weight is 290 g/mol. The van der Waals surface area contributed by atoms with E-state index in [0.29, 0.717) is 5.69 Å². The molecule has 6 nitrogen and oxygen atoms in total. The molecule has 0 saturated carbocycles. The van der Waals surface area contributed by atoms with Gasteiger partial charge in [-0.2, -0.15) is 15.6 Å². The van der Waals surface area contributed by atoms with Gasteiger partial charge in [-0.1, -0.05) is 24.3 Å². The van der Waals surface area contributed by atoms with Gasteiger partial charge in [0.2, 0.25) is 5.71 Å². The van der Waals surface area contributed by atoms with Crippen LogP contribution in [0.5, 0.6) is 0 Å². The zero-order valence-electron chi connectivity index (χ0n) is 11.3. The number of hydrogen-bond donors (Lipinski definition) is 2. The van der Waals surface area contributed by atoms with Crippen molar-refractivity contribution in [2.24, 2.45) is 5.10 Å². The summed E-state index contributed by atoms with van der Waals surface area (Å²) in [5.41, 5.74) is 4.90. The Labute approximate surface area is 126 Å². The lowest BCUT2D eigenvalue weighted by atomic mass is 10.0. The molecular weight excluding hydrogens is 280 g/mol. The molecule has 0 radical (unpaired) electrons. The molecule has 0 spiro atoms. The number of carboxylic acid groups (broad SMARTS) is 1. The minimum absolute atomic E-state index is 0.218. The number of carbonyl (C=O) groups is 1. The Kier molecular flexibility index (Phi) is 4.49. The lowest BCUT2D eigenvalue weighted by Crippen LogP contribution is -1.96. The number of aromatic carboxylic acids is 1. The fourth-order valence-corrected chi connectivity index (χ4v) is 1.77. The molecule has 2 aromatic carbocycles. The van der Waals surface area contributed by atoms with Gasteiger partial charge in [0.15, 0.2) is 0 Å². The van der Waals surface area contributed by atoms with Gasteiger partial charge in [-0.05, 0) is 35.4 Å². The van der Waals surface area contributed by atoms with E-state index in [4.69, 9.17) is 15.6 Å². The maximum absolute atomic E-state index is 10.8. The first-order chi connectivity index (χ1) is 10.6. The molecule has 0 aliphatic carbocycles. The van der Waals surface area contributed by atoms with E-state index < -0.39 is 5.97 Å². The Hall–Kier alpha value is -3.64. The van der Waals surface area contributed by atoms with Crippen LogP contribution in [-0.2, 0) is 0 Å². The fourth-order valence-electron chi connectivity index (χ4n) is 1.77. The molecule has 0 bridgehead atoms. The van der Waals surface area contributed by atoms with Crippen molar-refractivity contribution in [3.63, 3.8) is 0 Å². The summed E-state index contributed by atoms with van der Waals surface area (Å²) >= 11 is 0. The Bertz CT molecular complexity index is 795. The number of nitriles is 2. The fraction of sp³-hybridized carbons (Fsp3) is 0. The minimum Gasteiger partial charge on any atom is -0.478 e. The van der Waals surface area contributed by atoms with E-state index in [-0.39, 0.29) is 11.3 Å². The Morgan fingerprint density at radius 1 is 1.05 bits per heavy atom. The van der Waals surface area contributed by atoms with E-state index in [1.807, 2.05) is 6.07 Å². The van der Waals surface area contributed by atoms with Gasteiger partial charge >= 0.3 is 5.97 Å². The predicted molar refractivity (Wildman–Crippen MR) is 81.1 cm³/mol. The minimum atomic E-state index is -0.975. The number of benzene rings is 2. The maximum Gasteiger partial charge on any atom is 0.335 e. The Morgan fingerprint density at radius 2 is 1.73 bits per heavy atom. The van der Waals surface area contributed by atoms with Crippen molar-refractivity contribution in [2.45, 2.75) is 0 Å². The van der Waals surface area contributed by atoms with E-state index >= 15 is 0 Å². The molecule has 2 N–H and O–H groups in total. The van der Waals surface area contributed by atoms with Gasteiger partial charge in [-0.3, -0.25) is 5.43 Å². The van der Waals surface area contributed by atoms with E-state index in [9.17, 15) is 4.79 Å². The number of nitrogens with one attached hydrogen (secondary N) is 1. The summed E-state index contributed by atoms with van der Waals surface area (Å²) in [5.74, 6) is -0.975. The van der Waals surface area contributed by atoms with Gasteiger partial charge in [-0.25, -0.2) is 4.79 Å². The van der Waals surface area contributed by atoms with Crippen LogP contribution in [0.4, 0.5) is 5.69 Å². The Balaban J connectivity index is 2.25. The molecule has 0 fully saturated rings. The van der Waals surface area contributed by atoms with Gasteiger partial charge in [0.05, 0.1) is 11.3 Å². The second kappa shape index (κ2) is 6.69. The number of nitrogens with zero attached hydrogens (tertiary/aromatic N) is 3. The molecule has 0 unspecified atom stereocenters. The van der Waals surface area contributed by atoms with Gasteiger partial charge in [0, 0.05) is 0 Å². The van der Waals surface area contributed by atoms with Crippen LogP contribution in [0.3, 0.4) is 0 Å². The largest absolute Gasteiger partial charge is 0.478 e. The third-order valence-corrected chi connectivity index (χ3v) is 2.84. The molecule has 0 saturated heterocycles. The molecule has 6 heteroatoms. The van der Waals surface area contributed by atoms with E-state index in [0.717, 1.165) is 11.1 Å². The first kappa shape index (κ1) is 14.8. The molecule has 2 aromatic rings. The molecule has 0 atom stereocenters. The van der Waals surface area contributed by atoms with Gasteiger partial charge < -0.3 is 5.11 Å². The molecular formula is C16H10N4O2. The smallest absolute Gasteiger partial charge is 0.335 e. The Morgan fingerprint density at radius 3 is 2.32 bits per heavy atom. The molecule has 0 heterocycles. The number of hydrogen-bond acceptors (Lipinski definition) is 5. The molecule has 0 aliphatic heterocycles. The number of anilines is 1. The summed E-state index contributed by atoms with van der Waals surface area (Å²) in [6.45, 7) is 0. The van der Waals surface area contributed by atoms with Gasteiger partial charge in [0.25, 0.3) is 0 Å². The highest BCUT2D eigenvalue weighted by Gasteiger charge is 2.04. The lowest BCUT2D eigenvalue weighted by Gasteiger charge is -2.05. The maximum atomic E-state index is 10.8. The van der Waals surface area contributed by atoms with Crippen LogP contribution in [-0.4, -0.2) is 16.8 Å².